The standard InChI is InChI=1S/C31H35FN4O5/c32-23-7-9-24(10-8-23)41-29-5-3-4-28(34-29)36-15-12-22(19-36)31(38)33-25(20-35-13-1-2-14-35)30(37)21-6-11-26-27(18-21)40-17-16-39-26/h3-11,18,22,25,30,37H,1-2,12-17,19-20H2,(H,33,38). The van der Waals surface area contributed by atoms with Gasteiger partial charge in [0.25, 0.3) is 0 Å². The second kappa shape index (κ2) is 12.3. The van der Waals surface area contributed by atoms with Crippen LogP contribution in [0.4, 0.5) is 10.2 Å². The summed E-state index contributed by atoms with van der Waals surface area (Å²) in [5, 5.41) is 14.6. The van der Waals surface area contributed by atoms with Gasteiger partial charge in [0.2, 0.25) is 11.8 Å². The second-order valence-corrected chi connectivity index (χ2v) is 10.8. The fourth-order valence-electron chi connectivity index (χ4n) is 5.69. The zero-order valence-electron chi connectivity index (χ0n) is 22.9. The molecule has 3 unspecified atom stereocenters. The molecule has 2 fully saturated rings. The summed E-state index contributed by atoms with van der Waals surface area (Å²) in [5.74, 6) is 2.24. The van der Waals surface area contributed by atoms with Crippen LogP contribution in [0.15, 0.2) is 60.7 Å². The van der Waals surface area contributed by atoms with Crippen LogP contribution in [0.5, 0.6) is 23.1 Å². The molecule has 41 heavy (non-hydrogen) atoms. The second-order valence-electron chi connectivity index (χ2n) is 10.8. The molecule has 0 bridgehead atoms. The molecular weight excluding hydrogens is 527 g/mol. The van der Waals surface area contributed by atoms with Crippen LogP contribution in [0.3, 0.4) is 0 Å². The minimum Gasteiger partial charge on any atom is -0.486 e. The maximum atomic E-state index is 13.5. The number of hydrogen-bond acceptors (Lipinski definition) is 8. The smallest absolute Gasteiger partial charge is 0.225 e. The minimum absolute atomic E-state index is 0.0768. The summed E-state index contributed by atoms with van der Waals surface area (Å²) in [5.41, 5.74) is 0.689. The first-order chi connectivity index (χ1) is 20.0. The summed E-state index contributed by atoms with van der Waals surface area (Å²) in [7, 11) is 0. The highest BCUT2D eigenvalue weighted by molar-refractivity contribution is 5.80. The number of hydrogen-bond donors (Lipinski definition) is 2. The van der Waals surface area contributed by atoms with Crippen LogP contribution in [0.25, 0.3) is 0 Å². The maximum Gasteiger partial charge on any atom is 0.225 e. The molecule has 3 aliphatic heterocycles. The molecule has 1 aromatic heterocycles. The summed E-state index contributed by atoms with van der Waals surface area (Å²) in [6.45, 7) is 4.64. The van der Waals surface area contributed by atoms with Gasteiger partial charge in [-0.25, -0.2) is 4.39 Å². The van der Waals surface area contributed by atoms with Crippen LogP contribution in [-0.2, 0) is 4.79 Å². The Balaban J connectivity index is 1.11. The number of carbonyl (C=O) groups excluding carboxylic acids is 1. The third-order valence-corrected chi connectivity index (χ3v) is 7.90. The molecule has 3 aliphatic rings. The lowest BCUT2D eigenvalue weighted by atomic mass is 9.99. The van der Waals surface area contributed by atoms with Crippen molar-refractivity contribution in [3.8, 4) is 23.1 Å². The van der Waals surface area contributed by atoms with Crippen molar-refractivity contribution in [3.05, 3.63) is 72.0 Å². The lowest BCUT2D eigenvalue weighted by Gasteiger charge is -2.30. The van der Waals surface area contributed by atoms with E-state index in [0.29, 0.717) is 73.8 Å². The quantitative estimate of drug-likeness (QED) is 0.405. The Morgan fingerprint density at radius 3 is 2.63 bits per heavy atom. The van der Waals surface area contributed by atoms with E-state index in [9.17, 15) is 14.3 Å². The number of benzene rings is 2. The molecule has 2 N–H and O–H groups in total. The van der Waals surface area contributed by atoms with Gasteiger partial charge in [0.05, 0.1) is 12.0 Å². The third kappa shape index (κ3) is 6.55. The van der Waals surface area contributed by atoms with Gasteiger partial charge in [-0.05, 0) is 80.4 Å². The van der Waals surface area contributed by atoms with Crippen molar-refractivity contribution in [2.75, 3.05) is 50.8 Å². The van der Waals surface area contributed by atoms with Crippen molar-refractivity contribution in [2.45, 2.75) is 31.4 Å². The van der Waals surface area contributed by atoms with Crippen LogP contribution in [-0.4, -0.2) is 72.9 Å². The van der Waals surface area contributed by atoms with Crippen LogP contribution in [0.1, 0.15) is 30.9 Å². The van der Waals surface area contributed by atoms with E-state index < -0.39 is 12.1 Å². The average molecular weight is 563 g/mol. The summed E-state index contributed by atoms with van der Waals surface area (Å²) in [6.07, 6.45) is 2.02. The fourth-order valence-corrected chi connectivity index (χ4v) is 5.69. The highest BCUT2D eigenvalue weighted by atomic mass is 19.1. The SMILES string of the molecule is O=C(NC(CN1CCCC1)C(O)c1ccc2c(c1)OCCO2)C1CCN(c2cccc(Oc3ccc(F)cc3)n2)C1. The molecule has 216 valence electrons. The highest BCUT2D eigenvalue weighted by Crippen LogP contribution is 2.34. The summed E-state index contributed by atoms with van der Waals surface area (Å²) >= 11 is 0. The first-order valence-corrected chi connectivity index (χ1v) is 14.3. The third-order valence-electron chi connectivity index (χ3n) is 7.90. The lowest BCUT2D eigenvalue weighted by Crippen LogP contribution is -2.48. The Labute approximate surface area is 238 Å². The van der Waals surface area contributed by atoms with E-state index in [4.69, 9.17) is 14.2 Å². The Morgan fingerprint density at radius 2 is 1.83 bits per heavy atom. The molecule has 0 aliphatic carbocycles. The van der Waals surface area contributed by atoms with Crippen molar-refractivity contribution >= 4 is 11.7 Å². The van der Waals surface area contributed by atoms with E-state index in [1.165, 1.54) is 12.1 Å². The normalized spacial score (nSPS) is 20.0. The maximum absolute atomic E-state index is 13.5. The Hall–Kier alpha value is -3.89. The number of aliphatic hydroxyl groups is 1. The van der Waals surface area contributed by atoms with E-state index in [1.54, 1.807) is 18.2 Å². The van der Waals surface area contributed by atoms with Crippen LogP contribution in [0, 0.1) is 11.7 Å². The number of pyridine rings is 1. The molecule has 1 amide bonds. The molecule has 0 saturated carbocycles. The van der Waals surface area contributed by atoms with Gasteiger partial charge >= 0.3 is 0 Å². The zero-order valence-corrected chi connectivity index (χ0v) is 22.9. The van der Waals surface area contributed by atoms with Crippen molar-refractivity contribution < 1.29 is 28.5 Å². The van der Waals surface area contributed by atoms with Gasteiger partial charge in [-0.3, -0.25) is 4.79 Å². The molecular formula is C31H35FN4O5. The van der Waals surface area contributed by atoms with Crippen LogP contribution < -0.4 is 24.4 Å². The number of nitrogens with one attached hydrogen (secondary N) is 1. The van der Waals surface area contributed by atoms with Crippen molar-refractivity contribution in [1.29, 1.82) is 0 Å². The Morgan fingerprint density at radius 1 is 1.05 bits per heavy atom. The van der Waals surface area contributed by atoms with Crippen LogP contribution in [0.2, 0.25) is 0 Å². The molecule has 6 rings (SSSR count). The number of aromatic nitrogens is 1. The number of carbonyl (C=O) groups is 1. The summed E-state index contributed by atoms with van der Waals surface area (Å²) < 4.78 is 30.4. The van der Waals surface area contributed by atoms with E-state index >= 15 is 0 Å². The molecule has 0 spiro atoms. The first-order valence-electron chi connectivity index (χ1n) is 14.3. The van der Waals surface area contributed by atoms with E-state index in [1.807, 2.05) is 30.3 Å². The molecule has 9 nitrogen and oxygen atoms in total. The molecule has 3 aromatic rings. The number of ether oxygens (including phenoxy) is 3. The molecule has 10 heteroatoms. The minimum atomic E-state index is -0.894. The molecule has 2 saturated heterocycles. The number of halogens is 1. The first kappa shape index (κ1) is 27.3. The number of aliphatic hydroxyl groups excluding tert-OH is 1. The number of rotatable bonds is 9. The molecule has 0 radical (unpaired) electrons. The number of anilines is 1. The Kier molecular flexibility index (Phi) is 8.20. The summed E-state index contributed by atoms with van der Waals surface area (Å²) in [6, 6.07) is 16.3. The van der Waals surface area contributed by atoms with Crippen molar-refractivity contribution in [1.82, 2.24) is 15.2 Å². The van der Waals surface area contributed by atoms with Crippen molar-refractivity contribution in [3.63, 3.8) is 0 Å². The fraction of sp³-hybridized carbons (Fsp3) is 0.419. The van der Waals surface area contributed by atoms with Gasteiger partial charge in [-0.15, -0.1) is 0 Å². The van der Waals surface area contributed by atoms with Gasteiger partial charge in [-0.2, -0.15) is 4.98 Å². The molecule has 4 heterocycles. The highest BCUT2D eigenvalue weighted by Gasteiger charge is 2.33. The van der Waals surface area contributed by atoms with E-state index in [2.05, 4.69) is 20.1 Å². The van der Waals surface area contributed by atoms with Crippen LogP contribution >= 0.6 is 0 Å². The Bertz CT molecular complexity index is 1350. The average Bonchev–Trinajstić information content (AvgIpc) is 3.71. The van der Waals surface area contributed by atoms with Gasteiger partial charge in [0.1, 0.15) is 36.7 Å². The zero-order chi connectivity index (χ0) is 28.2. The van der Waals surface area contributed by atoms with E-state index in [0.717, 1.165) is 25.9 Å². The van der Waals surface area contributed by atoms with Gasteiger partial charge in [0.15, 0.2) is 11.5 Å². The van der Waals surface area contributed by atoms with Gasteiger partial charge < -0.3 is 34.4 Å². The lowest BCUT2D eigenvalue weighted by molar-refractivity contribution is -0.126. The van der Waals surface area contributed by atoms with Gasteiger partial charge in [0, 0.05) is 25.7 Å². The molecule has 2 aromatic carbocycles. The predicted molar refractivity (Wildman–Crippen MR) is 151 cm³/mol. The molecule has 3 atom stereocenters. The number of nitrogens with zero attached hydrogens (tertiary/aromatic N) is 3. The number of fused-ring (bicyclic) bond motifs is 1. The van der Waals surface area contributed by atoms with Gasteiger partial charge in [-0.1, -0.05) is 12.1 Å². The van der Waals surface area contributed by atoms with Crippen molar-refractivity contribution in [2.24, 2.45) is 5.92 Å². The number of amides is 1. The summed E-state index contributed by atoms with van der Waals surface area (Å²) in [4.78, 5) is 22.5. The topological polar surface area (TPSA) is 96.4 Å². The predicted octanol–water partition coefficient (Wildman–Crippen LogP) is 3.92. The number of likely N-dealkylation sites (tertiary alicyclic amines) is 1. The van der Waals surface area contributed by atoms with E-state index in [-0.39, 0.29) is 17.6 Å². The largest absolute Gasteiger partial charge is 0.486 e. The monoisotopic (exact) mass is 562 g/mol.